The lowest BCUT2D eigenvalue weighted by Crippen LogP contribution is -2.43. The molecule has 0 radical (unpaired) electrons. The van der Waals surface area contributed by atoms with Crippen LogP contribution in [0.25, 0.3) is 0 Å². The fourth-order valence-corrected chi connectivity index (χ4v) is 1.64. The van der Waals surface area contributed by atoms with Crippen LogP contribution in [0.2, 0.25) is 0 Å². The molecule has 0 saturated carbocycles. The Balaban J connectivity index is 2.47. The van der Waals surface area contributed by atoms with E-state index >= 15 is 0 Å². The van der Waals surface area contributed by atoms with Crippen LogP contribution in [0.1, 0.15) is 20.3 Å². The summed E-state index contributed by atoms with van der Waals surface area (Å²) in [5.74, 6) is 0.0325. The van der Waals surface area contributed by atoms with Gasteiger partial charge in [0.2, 0.25) is 5.91 Å². The zero-order chi connectivity index (χ0) is 9.84. The molecular weight excluding hydrogens is 171 g/mol. The van der Waals surface area contributed by atoms with Gasteiger partial charge in [-0.15, -0.1) is 0 Å². The molecular formula is C9H17FN2O. The Bertz CT molecular complexity index is 182. The molecule has 0 aliphatic carbocycles. The highest BCUT2D eigenvalue weighted by atomic mass is 19.1. The molecule has 0 aromatic carbocycles. The molecule has 0 aromatic heterocycles. The maximum atomic E-state index is 12.8. The molecule has 13 heavy (non-hydrogen) atoms. The first-order valence-electron chi connectivity index (χ1n) is 4.85. The summed E-state index contributed by atoms with van der Waals surface area (Å²) in [5, 5.41) is 2.89. The summed E-state index contributed by atoms with van der Waals surface area (Å²) < 4.78 is 12.8. The van der Waals surface area contributed by atoms with Gasteiger partial charge < -0.3 is 10.2 Å². The molecule has 2 atom stereocenters. The Labute approximate surface area is 78.3 Å². The number of hydrogen-bond donors (Lipinski definition) is 1. The van der Waals surface area contributed by atoms with E-state index in [4.69, 9.17) is 0 Å². The molecule has 0 aromatic rings. The van der Waals surface area contributed by atoms with Gasteiger partial charge in [0.1, 0.15) is 6.17 Å². The predicted octanol–water partition coefficient (Wildman–Crippen LogP) is 0.555. The fraction of sp³-hybridized carbons (Fsp3) is 0.889. The number of alkyl halides is 1. The molecule has 4 heteroatoms. The summed E-state index contributed by atoms with van der Waals surface area (Å²) in [6, 6.07) is -0.296. The smallest absolute Gasteiger partial charge is 0.239 e. The molecule has 1 aliphatic heterocycles. The number of nitrogens with one attached hydrogen (secondary N) is 1. The monoisotopic (exact) mass is 188 g/mol. The molecule has 0 bridgehead atoms. The number of nitrogens with zero attached hydrogens (tertiary/aromatic N) is 1. The van der Waals surface area contributed by atoms with Crippen LogP contribution in [0, 0.1) is 0 Å². The maximum absolute atomic E-state index is 12.8. The van der Waals surface area contributed by atoms with E-state index in [9.17, 15) is 9.18 Å². The summed E-state index contributed by atoms with van der Waals surface area (Å²) in [6.45, 7) is 5.58. The van der Waals surface area contributed by atoms with Gasteiger partial charge in [0.15, 0.2) is 0 Å². The minimum atomic E-state index is -0.857. The van der Waals surface area contributed by atoms with Crippen molar-refractivity contribution in [3.63, 3.8) is 0 Å². The number of likely N-dealkylation sites (N-methyl/N-ethyl adjacent to an activating group) is 1. The predicted molar refractivity (Wildman–Crippen MR) is 49.2 cm³/mol. The van der Waals surface area contributed by atoms with Crippen molar-refractivity contribution in [3.05, 3.63) is 0 Å². The molecule has 1 fully saturated rings. The van der Waals surface area contributed by atoms with Gasteiger partial charge >= 0.3 is 0 Å². The topological polar surface area (TPSA) is 32.3 Å². The van der Waals surface area contributed by atoms with Crippen molar-refractivity contribution in [1.29, 1.82) is 0 Å². The molecule has 1 saturated heterocycles. The van der Waals surface area contributed by atoms with Gasteiger partial charge in [0, 0.05) is 26.1 Å². The number of carbonyl (C=O) groups excluding carboxylic acids is 1. The third-order valence-electron chi connectivity index (χ3n) is 2.45. The highest BCUT2D eigenvalue weighted by Crippen LogP contribution is 2.12. The Morgan fingerprint density at radius 3 is 2.54 bits per heavy atom. The quantitative estimate of drug-likeness (QED) is 0.701. The summed E-state index contributed by atoms with van der Waals surface area (Å²) in [5.41, 5.74) is 0. The zero-order valence-corrected chi connectivity index (χ0v) is 8.22. The van der Waals surface area contributed by atoms with Crippen LogP contribution in [0.5, 0.6) is 0 Å². The second kappa shape index (κ2) is 4.56. The van der Waals surface area contributed by atoms with Crippen LogP contribution in [0.4, 0.5) is 4.39 Å². The van der Waals surface area contributed by atoms with Crippen LogP contribution in [0.3, 0.4) is 0 Å². The van der Waals surface area contributed by atoms with Gasteiger partial charge in [-0.05, 0) is 13.8 Å². The normalized spacial score (nSPS) is 27.6. The van der Waals surface area contributed by atoms with Crippen molar-refractivity contribution >= 4 is 5.91 Å². The van der Waals surface area contributed by atoms with Gasteiger partial charge in [-0.1, -0.05) is 0 Å². The van der Waals surface area contributed by atoms with Crippen LogP contribution < -0.4 is 5.32 Å². The average molecular weight is 188 g/mol. The summed E-state index contributed by atoms with van der Waals surface area (Å²) >= 11 is 0. The minimum absolute atomic E-state index is 0.0325. The molecule has 1 aliphatic rings. The largest absolute Gasteiger partial charge is 0.342 e. The van der Waals surface area contributed by atoms with E-state index in [1.165, 1.54) is 0 Å². The molecule has 3 nitrogen and oxygen atoms in total. The lowest BCUT2D eigenvalue weighted by atomic mass is 10.2. The Hall–Kier alpha value is -0.640. The van der Waals surface area contributed by atoms with E-state index < -0.39 is 6.17 Å². The van der Waals surface area contributed by atoms with E-state index in [2.05, 4.69) is 5.32 Å². The van der Waals surface area contributed by atoms with Gasteiger partial charge in [-0.2, -0.15) is 0 Å². The van der Waals surface area contributed by atoms with Crippen molar-refractivity contribution in [2.45, 2.75) is 32.5 Å². The lowest BCUT2D eigenvalue weighted by Gasteiger charge is -2.22. The zero-order valence-electron chi connectivity index (χ0n) is 8.22. The number of carbonyl (C=O) groups is 1. The number of rotatable bonds is 3. The van der Waals surface area contributed by atoms with E-state index in [-0.39, 0.29) is 11.9 Å². The Morgan fingerprint density at radius 2 is 2.15 bits per heavy atom. The van der Waals surface area contributed by atoms with Gasteiger partial charge in [-0.25, -0.2) is 4.39 Å². The van der Waals surface area contributed by atoms with Crippen LogP contribution >= 0.6 is 0 Å². The fourth-order valence-electron chi connectivity index (χ4n) is 1.64. The second-order valence-corrected chi connectivity index (χ2v) is 3.30. The number of hydrogen-bond acceptors (Lipinski definition) is 2. The molecule has 1 N–H and O–H groups in total. The van der Waals surface area contributed by atoms with E-state index in [0.29, 0.717) is 26.1 Å². The molecule has 76 valence electrons. The van der Waals surface area contributed by atoms with Crippen molar-refractivity contribution in [1.82, 2.24) is 10.2 Å². The first kappa shape index (κ1) is 10.4. The van der Waals surface area contributed by atoms with E-state index in [1.807, 2.05) is 13.8 Å². The summed E-state index contributed by atoms with van der Waals surface area (Å²) in [7, 11) is 0. The first-order chi connectivity index (χ1) is 6.19. The van der Waals surface area contributed by atoms with Crippen LogP contribution in [-0.4, -0.2) is 42.7 Å². The molecule has 0 unspecified atom stereocenters. The second-order valence-electron chi connectivity index (χ2n) is 3.30. The minimum Gasteiger partial charge on any atom is -0.342 e. The van der Waals surface area contributed by atoms with Crippen molar-refractivity contribution in [3.8, 4) is 0 Å². The number of halogens is 1. The van der Waals surface area contributed by atoms with Crippen molar-refractivity contribution in [2.75, 3.05) is 19.6 Å². The number of amides is 1. The summed E-state index contributed by atoms with van der Waals surface area (Å²) in [4.78, 5) is 13.4. The summed E-state index contributed by atoms with van der Waals surface area (Å²) in [6.07, 6.45) is -0.528. The Kier molecular flexibility index (Phi) is 3.66. The van der Waals surface area contributed by atoms with Gasteiger partial charge in [0.25, 0.3) is 0 Å². The maximum Gasteiger partial charge on any atom is 0.239 e. The Morgan fingerprint density at radius 1 is 1.54 bits per heavy atom. The highest BCUT2D eigenvalue weighted by Gasteiger charge is 2.31. The first-order valence-corrected chi connectivity index (χ1v) is 4.85. The standard InChI is InChI=1S/C9H17FN2O/c1-3-12(4-2)9(13)8-5-7(10)6-11-8/h7-8,11H,3-6H2,1-2H3/t7-,8-/m1/s1. The van der Waals surface area contributed by atoms with Crippen LogP contribution in [-0.2, 0) is 4.79 Å². The molecule has 1 rings (SSSR count). The average Bonchev–Trinajstić information content (AvgIpc) is 2.54. The third kappa shape index (κ3) is 2.40. The highest BCUT2D eigenvalue weighted by molar-refractivity contribution is 5.82. The van der Waals surface area contributed by atoms with E-state index in [0.717, 1.165) is 0 Å². The van der Waals surface area contributed by atoms with Gasteiger partial charge in [0.05, 0.1) is 6.04 Å². The third-order valence-corrected chi connectivity index (χ3v) is 2.45. The molecule has 1 heterocycles. The van der Waals surface area contributed by atoms with Gasteiger partial charge in [-0.3, -0.25) is 4.79 Å². The SMILES string of the molecule is CCN(CC)C(=O)[C@H]1C[C@@H](F)CN1. The molecule has 1 amide bonds. The van der Waals surface area contributed by atoms with Crippen LogP contribution in [0.15, 0.2) is 0 Å². The lowest BCUT2D eigenvalue weighted by molar-refractivity contribution is -0.132. The van der Waals surface area contributed by atoms with E-state index in [1.54, 1.807) is 4.90 Å². The molecule has 0 spiro atoms. The van der Waals surface area contributed by atoms with Crippen molar-refractivity contribution < 1.29 is 9.18 Å². The van der Waals surface area contributed by atoms with Crippen molar-refractivity contribution in [2.24, 2.45) is 0 Å².